The Hall–Kier alpha value is -2.69. The minimum Gasteiger partial charge on any atom is -0.314 e. The molecule has 0 N–H and O–H groups in total. The summed E-state index contributed by atoms with van der Waals surface area (Å²) in [5, 5.41) is 0. The Bertz CT molecular complexity index is 771. The standard InChI is InChI=1S/C19H21N3O2/c1-13(2)11-21-12-18(23)22(19(21)24)17-10-16(5-4-14(17)3)15-6-8-20-9-7-15/h4-10,13H,11-12H2,1-3H3. The fourth-order valence-corrected chi connectivity index (χ4v) is 2.94. The number of anilines is 1. The van der Waals surface area contributed by atoms with Gasteiger partial charge in [-0.2, -0.15) is 0 Å². The van der Waals surface area contributed by atoms with Gasteiger partial charge < -0.3 is 4.90 Å². The Morgan fingerprint density at radius 3 is 2.46 bits per heavy atom. The van der Waals surface area contributed by atoms with Gasteiger partial charge in [0.1, 0.15) is 6.54 Å². The highest BCUT2D eigenvalue weighted by molar-refractivity contribution is 6.20. The van der Waals surface area contributed by atoms with Crippen LogP contribution in [0.2, 0.25) is 0 Å². The van der Waals surface area contributed by atoms with Gasteiger partial charge in [-0.15, -0.1) is 0 Å². The Kier molecular flexibility index (Phi) is 4.34. The molecule has 0 radical (unpaired) electrons. The number of carbonyl (C=O) groups is 2. The van der Waals surface area contributed by atoms with E-state index >= 15 is 0 Å². The van der Waals surface area contributed by atoms with E-state index in [4.69, 9.17) is 0 Å². The molecule has 1 fully saturated rings. The summed E-state index contributed by atoms with van der Waals surface area (Å²) >= 11 is 0. The lowest BCUT2D eigenvalue weighted by Crippen LogP contribution is -2.35. The molecule has 124 valence electrons. The first-order valence-electron chi connectivity index (χ1n) is 8.10. The normalized spacial score (nSPS) is 14.8. The highest BCUT2D eigenvalue weighted by Crippen LogP contribution is 2.30. The second-order valence-electron chi connectivity index (χ2n) is 6.52. The molecule has 0 spiro atoms. The second kappa shape index (κ2) is 6.43. The Morgan fingerprint density at radius 2 is 1.79 bits per heavy atom. The predicted octanol–water partition coefficient (Wildman–Crippen LogP) is 3.48. The maximum atomic E-state index is 12.7. The van der Waals surface area contributed by atoms with Crippen LogP contribution in [0.1, 0.15) is 19.4 Å². The Balaban J connectivity index is 1.97. The fourth-order valence-electron chi connectivity index (χ4n) is 2.94. The molecule has 2 aromatic rings. The van der Waals surface area contributed by atoms with Crippen molar-refractivity contribution in [3.05, 3.63) is 48.3 Å². The van der Waals surface area contributed by atoms with Crippen LogP contribution in [0, 0.1) is 12.8 Å². The van der Waals surface area contributed by atoms with Gasteiger partial charge in [-0.05, 0) is 47.7 Å². The lowest BCUT2D eigenvalue weighted by molar-refractivity contribution is -0.116. The van der Waals surface area contributed by atoms with Crippen LogP contribution in [-0.4, -0.2) is 34.9 Å². The van der Waals surface area contributed by atoms with Crippen molar-refractivity contribution in [3.8, 4) is 11.1 Å². The number of nitrogens with zero attached hydrogens (tertiary/aromatic N) is 3. The third-order valence-electron chi connectivity index (χ3n) is 4.09. The maximum absolute atomic E-state index is 12.7. The third kappa shape index (κ3) is 3.02. The predicted molar refractivity (Wildman–Crippen MR) is 93.7 cm³/mol. The summed E-state index contributed by atoms with van der Waals surface area (Å²) in [6, 6.07) is 9.42. The number of hydrogen-bond acceptors (Lipinski definition) is 3. The van der Waals surface area contributed by atoms with Gasteiger partial charge in [-0.3, -0.25) is 9.78 Å². The van der Waals surface area contributed by atoms with Crippen LogP contribution in [0.25, 0.3) is 11.1 Å². The molecule has 1 aliphatic heterocycles. The number of urea groups is 1. The van der Waals surface area contributed by atoms with Crippen LogP contribution < -0.4 is 4.90 Å². The zero-order valence-corrected chi connectivity index (χ0v) is 14.2. The lowest BCUT2D eigenvalue weighted by Gasteiger charge is -2.20. The quantitative estimate of drug-likeness (QED) is 0.809. The number of aryl methyl sites for hydroxylation is 1. The fraction of sp³-hybridized carbons (Fsp3) is 0.316. The molecule has 3 rings (SSSR count). The van der Waals surface area contributed by atoms with E-state index in [1.165, 1.54) is 4.90 Å². The zero-order chi connectivity index (χ0) is 17.3. The van der Waals surface area contributed by atoms with E-state index in [0.29, 0.717) is 18.2 Å². The monoisotopic (exact) mass is 323 g/mol. The van der Waals surface area contributed by atoms with Crippen molar-refractivity contribution in [2.75, 3.05) is 18.0 Å². The molecule has 1 aromatic heterocycles. The van der Waals surface area contributed by atoms with Crippen LogP contribution >= 0.6 is 0 Å². The molecular weight excluding hydrogens is 302 g/mol. The minimum atomic E-state index is -0.233. The zero-order valence-electron chi connectivity index (χ0n) is 14.2. The van der Waals surface area contributed by atoms with Crippen LogP contribution in [0.15, 0.2) is 42.7 Å². The number of benzene rings is 1. The van der Waals surface area contributed by atoms with E-state index in [9.17, 15) is 9.59 Å². The maximum Gasteiger partial charge on any atom is 0.331 e. The molecule has 3 amide bonds. The van der Waals surface area contributed by atoms with Gasteiger partial charge in [-0.1, -0.05) is 26.0 Å². The van der Waals surface area contributed by atoms with E-state index in [-0.39, 0.29) is 18.5 Å². The molecule has 5 nitrogen and oxygen atoms in total. The summed E-state index contributed by atoms with van der Waals surface area (Å²) < 4.78 is 0. The smallest absolute Gasteiger partial charge is 0.314 e. The SMILES string of the molecule is Cc1ccc(-c2ccncc2)cc1N1C(=O)CN(CC(C)C)C1=O. The van der Waals surface area contributed by atoms with Crippen LogP contribution in [0.5, 0.6) is 0 Å². The third-order valence-corrected chi connectivity index (χ3v) is 4.09. The van der Waals surface area contributed by atoms with E-state index in [1.807, 2.05) is 51.1 Å². The summed E-state index contributed by atoms with van der Waals surface area (Å²) in [6.07, 6.45) is 3.46. The molecule has 5 heteroatoms. The number of amides is 3. The highest BCUT2D eigenvalue weighted by Gasteiger charge is 2.37. The van der Waals surface area contributed by atoms with Crippen LogP contribution in [-0.2, 0) is 4.79 Å². The molecule has 0 unspecified atom stereocenters. The van der Waals surface area contributed by atoms with Crippen molar-refractivity contribution in [2.45, 2.75) is 20.8 Å². The molecule has 2 heterocycles. The number of carbonyl (C=O) groups excluding carboxylic acids is 2. The van der Waals surface area contributed by atoms with Gasteiger partial charge in [0.2, 0.25) is 0 Å². The van der Waals surface area contributed by atoms with Gasteiger partial charge in [-0.25, -0.2) is 9.69 Å². The van der Waals surface area contributed by atoms with Crippen LogP contribution in [0.4, 0.5) is 10.5 Å². The number of imide groups is 1. The van der Waals surface area contributed by atoms with Crippen molar-refractivity contribution in [3.63, 3.8) is 0 Å². The van der Waals surface area contributed by atoms with Crippen molar-refractivity contribution in [1.82, 2.24) is 9.88 Å². The van der Waals surface area contributed by atoms with E-state index in [1.54, 1.807) is 17.3 Å². The molecule has 0 saturated carbocycles. The van der Waals surface area contributed by atoms with Gasteiger partial charge in [0.25, 0.3) is 5.91 Å². The summed E-state index contributed by atoms with van der Waals surface area (Å²) in [6.45, 7) is 6.73. The summed E-state index contributed by atoms with van der Waals surface area (Å²) in [5.41, 5.74) is 3.52. The van der Waals surface area contributed by atoms with Gasteiger partial charge in [0.05, 0.1) is 5.69 Å². The highest BCUT2D eigenvalue weighted by atomic mass is 16.2. The van der Waals surface area contributed by atoms with E-state index < -0.39 is 0 Å². The minimum absolute atomic E-state index is 0.149. The van der Waals surface area contributed by atoms with Crippen molar-refractivity contribution >= 4 is 17.6 Å². The molecular formula is C19H21N3O2. The Labute approximate surface area is 141 Å². The molecule has 1 aliphatic rings. The van der Waals surface area contributed by atoms with E-state index in [0.717, 1.165) is 16.7 Å². The second-order valence-corrected chi connectivity index (χ2v) is 6.52. The number of hydrogen-bond donors (Lipinski definition) is 0. The van der Waals surface area contributed by atoms with Gasteiger partial charge >= 0.3 is 6.03 Å². The van der Waals surface area contributed by atoms with E-state index in [2.05, 4.69) is 4.98 Å². The van der Waals surface area contributed by atoms with Crippen LogP contribution in [0.3, 0.4) is 0 Å². The van der Waals surface area contributed by atoms with Gasteiger partial charge in [0.15, 0.2) is 0 Å². The van der Waals surface area contributed by atoms with Crippen molar-refractivity contribution in [2.24, 2.45) is 5.92 Å². The lowest BCUT2D eigenvalue weighted by atomic mass is 10.0. The molecule has 1 saturated heterocycles. The first-order chi connectivity index (χ1) is 11.5. The molecule has 0 aliphatic carbocycles. The topological polar surface area (TPSA) is 53.5 Å². The van der Waals surface area contributed by atoms with Gasteiger partial charge in [0, 0.05) is 18.9 Å². The average molecular weight is 323 g/mol. The number of pyridine rings is 1. The largest absolute Gasteiger partial charge is 0.331 e. The number of aromatic nitrogens is 1. The average Bonchev–Trinajstić information content (AvgIpc) is 2.82. The van der Waals surface area contributed by atoms with Crippen molar-refractivity contribution in [1.29, 1.82) is 0 Å². The molecule has 1 aromatic carbocycles. The first kappa shape index (κ1) is 16.2. The molecule has 24 heavy (non-hydrogen) atoms. The summed E-state index contributed by atoms with van der Waals surface area (Å²) in [4.78, 5) is 32.1. The van der Waals surface area contributed by atoms with Crippen molar-refractivity contribution < 1.29 is 9.59 Å². The first-order valence-corrected chi connectivity index (χ1v) is 8.10. The molecule has 0 bridgehead atoms. The number of rotatable bonds is 4. The summed E-state index contributed by atoms with van der Waals surface area (Å²) in [7, 11) is 0. The summed E-state index contributed by atoms with van der Waals surface area (Å²) in [5.74, 6) is 0.154. The molecule has 0 atom stereocenters. The Morgan fingerprint density at radius 1 is 1.08 bits per heavy atom.